The molecule has 0 fully saturated rings. The van der Waals surface area contributed by atoms with Gasteiger partial charge in [-0.05, 0) is 24.3 Å². The molecule has 1 amide bonds. The number of carbonyl (C=O) groups is 1. The standard InChI is InChI=1S/C19H13ClF5N3O/c1-28-18(22)13(17(27-28)19(23,24)25)9-16(29)26-15-5-3-2-4-12(15)11-7-6-10(21)8-14(11)20/h2-8H,9H2,1H3,(H,26,29). The third kappa shape index (κ3) is 4.40. The predicted molar refractivity (Wildman–Crippen MR) is 97.3 cm³/mol. The molecule has 3 rings (SSSR count). The third-order valence-electron chi connectivity index (χ3n) is 4.10. The number of halogens is 6. The summed E-state index contributed by atoms with van der Waals surface area (Å²) in [7, 11) is 1.01. The van der Waals surface area contributed by atoms with Crippen LogP contribution in [0.4, 0.5) is 27.6 Å². The van der Waals surface area contributed by atoms with Crippen molar-refractivity contribution in [3.05, 3.63) is 70.5 Å². The van der Waals surface area contributed by atoms with E-state index in [1.54, 1.807) is 18.2 Å². The zero-order valence-electron chi connectivity index (χ0n) is 14.8. The van der Waals surface area contributed by atoms with E-state index in [1.165, 1.54) is 18.2 Å². The molecule has 0 atom stereocenters. The first-order valence-electron chi connectivity index (χ1n) is 8.20. The smallest absolute Gasteiger partial charge is 0.325 e. The van der Waals surface area contributed by atoms with Gasteiger partial charge in [-0.25, -0.2) is 9.07 Å². The molecule has 0 aliphatic carbocycles. The SMILES string of the molecule is Cn1nc(C(F)(F)F)c(CC(=O)Nc2ccccc2-c2ccc(F)cc2Cl)c1F. The number of amides is 1. The maximum atomic E-state index is 14.1. The average molecular weight is 430 g/mol. The molecule has 0 aliphatic heterocycles. The number of carbonyl (C=O) groups excluding carboxylic acids is 1. The van der Waals surface area contributed by atoms with Gasteiger partial charge in [-0.3, -0.25) is 4.79 Å². The summed E-state index contributed by atoms with van der Waals surface area (Å²) in [6, 6.07) is 10.0. The van der Waals surface area contributed by atoms with Crippen LogP contribution in [0, 0.1) is 11.8 Å². The first-order chi connectivity index (χ1) is 13.6. The lowest BCUT2D eigenvalue weighted by atomic mass is 10.0. The van der Waals surface area contributed by atoms with Crippen molar-refractivity contribution in [3.8, 4) is 11.1 Å². The Morgan fingerprint density at radius 2 is 1.83 bits per heavy atom. The van der Waals surface area contributed by atoms with E-state index in [2.05, 4.69) is 10.4 Å². The van der Waals surface area contributed by atoms with Crippen LogP contribution in [0.15, 0.2) is 42.5 Å². The summed E-state index contributed by atoms with van der Waals surface area (Å²) in [4.78, 5) is 12.4. The molecule has 0 radical (unpaired) electrons. The Balaban J connectivity index is 1.90. The number of anilines is 1. The van der Waals surface area contributed by atoms with E-state index in [1.807, 2.05) is 0 Å². The maximum Gasteiger partial charge on any atom is 0.435 e. The fourth-order valence-corrected chi connectivity index (χ4v) is 3.09. The van der Waals surface area contributed by atoms with Gasteiger partial charge in [0.2, 0.25) is 11.9 Å². The van der Waals surface area contributed by atoms with Gasteiger partial charge in [0.15, 0.2) is 5.69 Å². The van der Waals surface area contributed by atoms with Crippen LogP contribution in [0.5, 0.6) is 0 Å². The normalized spacial score (nSPS) is 11.6. The number of aryl methyl sites for hydroxylation is 1. The Hall–Kier alpha value is -2.94. The predicted octanol–water partition coefficient (Wildman–Crippen LogP) is 5.22. The number of hydrogen-bond donors (Lipinski definition) is 1. The van der Waals surface area contributed by atoms with Crippen molar-refractivity contribution in [3.63, 3.8) is 0 Å². The summed E-state index contributed by atoms with van der Waals surface area (Å²) in [5.74, 6) is -2.68. The van der Waals surface area contributed by atoms with E-state index in [4.69, 9.17) is 11.6 Å². The minimum absolute atomic E-state index is 0.0874. The number of benzene rings is 2. The van der Waals surface area contributed by atoms with E-state index in [0.717, 1.165) is 13.1 Å². The van der Waals surface area contributed by atoms with Crippen LogP contribution >= 0.6 is 11.6 Å². The van der Waals surface area contributed by atoms with Gasteiger partial charge in [-0.1, -0.05) is 29.8 Å². The maximum absolute atomic E-state index is 14.1. The second-order valence-corrected chi connectivity index (χ2v) is 6.54. The number of para-hydroxylation sites is 1. The lowest BCUT2D eigenvalue weighted by Gasteiger charge is -2.13. The number of alkyl halides is 3. The molecule has 1 aromatic heterocycles. The van der Waals surface area contributed by atoms with Gasteiger partial charge < -0.3 is 5.32 Å². The van der Waals surface area contributed by atoms with Gasteiger partial charge in [0, 0.05) is 29.4 Å². The molecule has 2 aromatic carbocycles. The summed E-state index contributed by atoms with van der Waals surface area (Å²) in [6.07, 6.45) is -5.78. The zero-order chi connectivity index (χ0) is 21.3. The molecule has 1 heterocycles. The molecule has 0 saturated heterocycles. The van der Waals surface area contributed by atoms with Gasteiger partial charge in [-0.2, -0.15) is 22.7 Å². The highest BCUT2D eigenvalue weighted by atomic mass is 35.5. The molecule has 10 heteroatoms. The minimum atomic E-state index is -4.91. The van der Waals surface area contributed by atoms with Gasteiger partial charge in [0.05, 0.1) is 11.4 Å². The number of nitrogens with one attached hydrogen (secondary N) is 1. The second-order valence-electron chi connectivity index (χ2n) is 6.13. The van der Waals surface area contributed by atoms with Crippen LogP contribution < -0.4 is 5.32 Å². The molecule has 0 spiro atoms. The van der Waals surface area contributed by atoms with Gasteiger partial charge >= 0.3 is 6.18 Å². The van der Waals surface area contributed by atoms with Crippen LogP contribution in [0.25, 0.3) is 11.1 Å². The van der Waals surface area contributed by atoms with Gasteiger partial charge in [0.1, 0.15) is 5.82 Å². The van der Waals surface area contributed by atoms with Crippen LogP contribution in [0.2, 0.25) is 5.02 Å². The van der Waals surface area contributed by atoms with Crippen LogP contribution in [0.1, 0.15) is 11.3 Å². The Labute approximate surface area is 166 Å². The molecule has 0 saturated carbocycles. The number of hydrogen-bond acceptors (Lipinski definition) is 2. The molecule has 29 heavy (non-hydrogen) atoms. The first kappa shape index (κ1) is 20.8. The van der Waals surface area contributed by atoms with E-state index in [-0.39, 0.29) is 10.7 Å². The van der Waals surface area contributed by atoms with E-state index in [0.29, 0.717) is 15.8 Å². The molecule has 4 nitrogen and oxygen atoms in total. The van der Waals surface area contributed by atoms with Crippen molar-refractivity contribution in [2.24, 2.45) is 7.05 Å². The highest BCUT2D eigenvalue weighted by Crippen LogP contribution is 2.35. The highest BCUT2D eigenvalue weighted by molar-refractivity contribution is 6.33. The lowest BCUT2D eigenvalue weighted by Crippen LogP contribution is -2.18. The monoisotopic (exact) mass is 429 g/mol. The second kappa shape index (κ2) is 7.82. The van der Waals surface area contributed by atoms with Crippen molar-refractivity contribution < 1.29 is 26.7 Å². The molecule has 1 N–H and O–H groups in total. The zero-order valence-corrected chi connectivity index (χ0v) is 15.6. The van der Waals surface area contributed by atoms with E-state index in [9.17, 15) is 26.7 Å². The van der Waals surface area contributed by atoms with Crippen molar-refractivity contribution in [1.82, 2.24) is 9.78 Å². The number of nitrogens with zero attached hydrogens (tertiary/aromatic N) is 2. The largest absolute Gasteiger partial charge is 0.435 e. The topological polar surface area (TPSA) is 46.9 Å². The summed E-state index contributed by atoms with van der Waals surface area (Å²) in [5.41, 5.74) is -1.25. The Kier molecular flexibility index (Phi) is 5.61. The summed E-state index contributed by atoms with van der Waals surface area (Å²) in [6.45, 7) is 0. The van der Waals surface area contributed by atoms with Crippen molar-refractivity contribution >= 4 is 23.2 Å². The average Bonchev–Trinajstić information content (AvgIpc) is 2.91. The number of aromatic nitrogens is 2. The minimum Gasteiger partial charge on any atom is -0.325 e. The van der Waals surface area contributed by atoms with Gasteiger partial charge in [-0.15, -0.1) is 0 Å². The fraction of sp³-hybridized carbons (Fsp3) is 0.158. The quantitative estimate of drug-likeness (QED) is 0.578. The van der Waals surface area contributed by atoms with Crippen molar-refractivity contribution in [1.29, 1.82) is 0 Å². The van der Waals surface area contributed by atoms with Crippen LogP contribution in [-0.4, -0.2) is 15.7 Å². The fourth-order valence-electron chi connectivity index (χ4n) is 2.82. The molecule has 152 valence electrons. The summed E-state index contributed by atoms with van der Waals surface area (Å²) in [5, 5.41) is 5.65. The first-order valence-corrected chi connectivity index (χ1v) is 8.58. The van der Waals surface area contributed by atoms with Crippen molar-refractivity contribution in [2.75, 3.05) is 5.32 Å². The third-order valence-corrected chi connectivity index (χ3v) is 4.41. The van der Waals surface area contributed by atoms with Gasteiger partial charge in [0.25, 0.3) is 0 Å². The molecule has 3 aromatic rings. The molecule has 0 unspecified atom stereocenters. The van der Waals surface area contributed by atoms with Crippen molar-refractivity contribution in [2.45, 2.75) is 12.6 Å². The molecular formula is C19H13ClF5N3O. The van der Waals surface area contributed by atoms with Crippen LogP contribution in [-0.2, 0) is 24.4 Å². The summed E-state index contributed by atoms with van der Waals surface area (Å²) >= 11 is 6.06. The Morgan fingerprint density at radius 1 is 1.14 bits per heavy atom. The molecule has 0 bridgehead atoms. The molecular weight excluding hydrogens is 417 g/mol. The molecule has 0 aliphatic rings. The Bertz CT molecular complexity index is 1080. The lowest BCUT2D eigenvalue weighted by molar-refractivity contribution is -0.142. The Morgan fingerprint density at radius 3 is 2.48 bits per heavy atom. The summed E-state index contributed by atoms with van der Waals surface area (Å²) < 4.78 is 67.0. The highest BCUT2D eigenvalue weighted by Gasteiger charge is 2.39. The van der Waals surface area contributed by atoms with E-state index >= 15 is 0 Å². The van der Waals surface area contributed by atoms with Crippen LogP contribution in [0.3, 0.4) is 0 Å². The van der Waals surface area contributed by atoms with E-state index < -0.39 is 41.5 Å². The number of rotatable bonds is 4.